The summed E-state index contributed by atoms with van der Waals surface area (Å²) in [7, 11) is 3.69. The summed E-state index contributed by atoms with van der Waals surface area (Å²) in [4.78, 5) is 2.17. The minimum atomic E-state index is -0.138. The van der Waals surface area contributed by atoms with Gasteiger partial charge in [-0.05, 0) is 44.2 Å². The van der Waals surface area contributed by atoms with Crippen LogP contribution in [0.4, 0.5) is 4.39 Å². The van der Waals surface area contributed by atoms with Crippen LogP contribution in [-0.2, 0) is 13.0 Å². The van der Waals surface area contributed by atoms with E-state index in [9.17, 15) is 4.39 Å². The molecule has 0 spiro atoms. The molecule has 0 fully saturated rings. The van der Waals surface area contributed by atoms with Crippen LogP contribution in [0, 0.1) is 5.82 Å². The highest BCUT2D eigenvalue weighted by atomic mass is 19.1. The molecule has 0 amide bonds. The molecule has 0 aromatic heterocycles. The van der Waals surface area contributed by atoms with Crippen molar-refractivity contribution in [1.82, 2.24) is 4.90 Å². The first-order chi connectivity index (χ1) is 10.1. The quantitative estimate of drug-likeness (QED) is 0.799. The predicted octanol–water partition coefficient (Wildman–Crippen LogP) is 3.90. The van der Waals surface area contributed by atoms with Crippen molar-refractivity contribution in [3.05, 3.63) is 65.5 Å². The van der Waals surface area contributed by atoms with Crippen LogP contribution in [0.5, 0.6) is 5.75 Å². The van der Waals surface area contributed by atoms with E-state index in [1.807, 2.05) is 31.3 Å². The van der Waals surface area contributed by atoms with Gasteiger partial charge in [0.1, 0.15) is 11.6 Å². The molecular formula is C18H22FNO. The SMILES string of the molecule is COc1ccc(CC(C)N(C)Cc2ccccc2F)cc1. The van der Waals surface area contributed by atoms with Crippen molar-refractivity contribution in [1.29, 1.82) is 0 Å². The summed E-state index contributed by atoms with van der Waals surface area (Å²) in [5.74, 6) is 0.729. The predicted molar refractivity (Wildman–Crippen MR) is 84.0 cm³/mol. The Bertz CT molecular complexity index is 568. The standard InChI is InChI=1S/C18H22FNO/c1-14(12-15-8-10-17(21-3)11-9-15)20(2)13-16-6-4-5-7-18(16)19/h4-11,14H,12-13H2,1-3H3. The van der Waals surface area contributed by atoms with Crippen molar-refractivity contribution in [2.45, 2.75) is 25.9 Å². The Morgan fingerprint density at radius 2 is 1.76 bits per heavy atom. The molecule has 2 aromatic rings. The van der Waals surface area contributed by atoms with Crippen molar-refractivity contribution >= 4 is 0 Å². The van der Waals surface area contributed by atoms with Crippen molar-refractivity contribution in [2.24, 2.45) is 0 Å². The van der Waals surface area contributed by atoms with Gasteiger partial charge in [0.05, 0.1) is 7.11 Å². The molecule has 21 heavy (non-hydrogen) atoms. The molecule has 0 radical (unpaired) electrons. The Morgan fingerprint density at radius 3 is 2.38 bits per heavy atom. The molecule has 1 atom stereocenters. The topological polar surface area (TPSA) is 12.5 Å². The average molecular weight is 287 g/mol. The lowest BCUT2D eigenvalue weighted by Crippen LogP contribution is -2.30. The number of hydrogen-bond acceptors (Lipinski definition) is 2. The lowest BCUT2D eigenvalue weighted by Gasteiger charge is -2.25. The summed E-state index contributed by atoms with van der Waals surface area (Å²) in [5, 5.41) is 0. The van der Waals surface area contributed by atoms with Gasteiger partial charge in [-0.2, -0.15) is 0 Å². The molecule has 0 aliphatic carbocycles. The van der Waals surface area contributed by atoms with E-state index in [1.165, 1.54) is 11.6 Å². The van der Waals surface area contributed by atoms with Crippen molar-refractivity contribution < 1.29 is 9.13 Å². The zero-order valence-electron chi connectivity index (χ0n) is 12.8. The third-order valence-electron chi connectivity index (χ3n) is 3.82. The monoisotopic (exact) mass is 287 g/mol. The zero-order valence-corrected chi connectivity index (χ0v) is 12.8. The van der Waals surface area contributed by atoms with Crippen LogP contribution in [0.15, 0.2) is 48.5 Å². The number of nitrogens with zero attached hydrogens (tertiary/aromatic N) is 1. The molecule has 0 saturated carbocycles. The Balaban J connectivity index is 1.95. The summed E-state index contributed by atoms with van der Waals surface area (Å²) in [6.07, 6.45) is 0.926. The normalized spacial score (nSPS) is 12.4. The number of halogens is 1. The molecule has 0 heterocycles. The van der Waals surface area contributed by atoms with E-state index < -0.39 is 0 Å². The Labute approximate surface area is 126 Å². The minimum absolute atomic E-state index is 0.138. The van der Waals surface area contributed by atoms with Gasteiger partial charge in [-0.1, -0.05) is 30.3 Å². The highest BCUT2D eigenvalue weighted by Gasteiger charge is 2.12. The zero-order chi connectivity index (χ0) is 15.2. The van der Waals surface area contributed by atoms with Crippen LogP contribution in [0.2, 0.25) is 0 Å². The summed E-state index contributed by atoms with van der Waals surface area (Å²) >= 11 is 0. The minimum Gasteiger partial charge on any atom is -0.497 e. The van der Waals surface area contributed by atoms with Crippen LogP contribution >= 0.6 is 0 Å². The Kier molecular flexibility index (Phi) is 5.34. The fourth-order valence-electron chi connectivity index (χ4n) is 2.31. The van der Waals surface area contributed by atoms with Crippen molar-refractivity contribution in [3.8, 4) is 5.75 Å². The Hall–Kier alpha value is -1.87. The molecule has 0 aliphatic heterocycles. The molecule has 0 aliphatic rings. The van der Waals surface area contributed by atoms with E-state index in [0.29, 0.717) is 12.6 Å². The lowest BCUT2D eigenvalue weighted by molar-refractivity contribution is 0.245. The molecule has 0 bridgehead atoms. The second-order valence-electron chi connectivity index (χ2n) is 5.41. The molecule has 2 aromatic carbocycles. The van der Waals surface area contributed by atoms with Crippen molar-refractivity contribution in [3.63, 3.8) is 0 Å². The number of ether oxygens (including phenoxy) is 1. The van der Waals surface area contributed by atoms with Gasteiger partial charge in [0, 0.05) is 18.2 Å². The largest absolute Gasteiger partial charge is 0.497 e. The summed E-state index contributed by atoms with van der Waals surface area (Å²) in [5.41, 5.74) is 1.99. The van der Waals surface area contributed by atoms with Gasteiger partial charge in [-0.3, -0.25) is 4.90 Å². The molecule has 1 unspecified atom stereocenters. The molecule has 2 rings (SSSR count). The summed E-state index contributed by atoms with van der Waals surface area (Å²) in [6, 6.07) is 15.4. The van der Waals surface area contributed by atoms with Crippen LogP contribution in [-0.4, -0.2) is 25.1 Å². The van der Waals surface area contributed by atoms with Gasteiger partial charge in [-0.15, -0.1) is 0 Å². The maximum atomic E-state index is 13.7. The number of hydrogen-bond donors (Lipinski definition) is 0. The smallest absolute Gasteiger partial charge is 0.127 e. The van der Waals surface area contributed by atoms with Crippen LogP contribution < -0.4 is 4.74 Å². The van der Waals surface area contributed by atoms with Gasteiger partial charge < -0.3 is 4.74 Å². The van der Waals surface area contributed by atoms with Gasteiger partial charge in [0.25, 0.3) is 0 Å². The van der Waals surface area contributed by atoms with Crippen LogP contribution in [0.25, 0.3) is 0 Å². The first-order valence-corrected chi connectivity index (χ1v) is 7.16. The van der Waals surface area contributed by atoms with E-state index >= 15 is 0 Å². The molecule has 2 nitrogen and oxygen atoms in total. The fourth-order valence-corrected chi connectivity index (χ4v) is 2.31. The second-order valence-corrected chi connectivity index (χ2v) is 5.41. The van der Waals surface area contributed by atoms with E-state index in [-0.39, 0.29) is 5.82 Å². The van der Waals surface area contributed by atoms with Crippen LogP contribution in [0.3, 0.4) is 0 Å². The molecule has 112 valence electrons. The molecular weight excluding hydrogens is 265 g/mol. The summed E-state index contributed by atoms with van der Waals surface area (Å²) < 4.78 is 18.8. The molecule has 0 saturated heterocycles. The van der Waals surface area contributed by atoms with E-state index in [4.69, 9.17) is 4.74 Å². The van der Waals surface area contributed by atoms with Gasteiger partial charge in [0.2, 0.25) is 0 Å². The maximum Gasteiger partial charge on any atom is 0.127 e. The second kappa shape index (κ2) is 7.23. The van der Waals surface area contributed by atoms with E-state index in [1.54, 1.807) is 13.2 Å². The molecule has 3 heteroatoms. The van der Waals surface area contributed by atoms with Crippen molar-refractivity contribution in [2.75, 3.05) is 14.2 Å². The number of methoxy groups -OCH3 is 1. The van der Waals surface area contributed by atoms with Gasteiger partial charge >= 0.3 is 0 Å². The highest BCUT2D eigenvalue weighted by molar-refractivity contribution is 5.27. The average Bonchev–Trinajstić information content (AvgIpc) is 2.50. The van der Waals surface area contributed by atoms with E-state index in [0.717, 1.165) is 17.7 Å². The van der Waals surface area contributed by atoms with E-state index in [2.05, 4.69) is 24.0 Å². The third-order valence-corrected chi connectivity index (χ3v) is 3.82. The first kappa shape index (κ1) is 15.5. The first-order valence-electron chi connectivity index (χ1n) is 7.16. The van der Waals surface area contributed by atoms with Gasteiger partial charge in [0.15, 0.2) is 0 Å². The number of likely N-dealkylation sites (N-methyl/N-ethyl adjacent to an activating group) is 1. The lowest BCUT2D eigenvalue weighted by atomic mass is 10.1. The summed E-state index contributed by atoms with van der Waals surface area (Å²) in [6.45, 7) is 2.77. The fraction of sp³-hybridized carbons (Fsp3) is 0.333. The maximum absolute atomic E-state index is 13.7. The highest BCUT2D eigenvalue weighted by Crippen LogP contribution is 2.16. The molecule has 0 N–H and O–H groups in total. The van der Waals surface area contributed by atoms with Crippen LogP contribution in [0.1, 0.15) is 18.1 Å². The Morgan fingerprint density at radius 1 is 1.10 bits per heavy atom. The number of rotatable bonds is 6. The number of benzene rings is 2. The van der Waals surface area contributed by atoms with Gasteiger partial charge in [-0.25, -0.2) is 4.39 Å². The third kappa shape index (κ3) is 4.30.